The average molecular weight is 259 g/mol. The van der Waals surface area contributed by atoms with Crippen LogP contribution in [0, 0.1) is 5.92 Å². The number of hydrogen-bond donors (Lipinski definition) is 3. The van der Waals surface area contributed by atoms with Gasteiger partial charge in [0.2, 0.25) is 11.8 Å². The number of amides is 2. The van der Waals surface area contributed by atoms with Gasteiger partial charge < -0.3 is 21.1 Å². The maximum absolute atomic E-state index is 11.9. The summed E-state index contributed by atoms with van der Waals surface area (Å²) in [5, 5.41) is 5.42. The number of rotatable bonds is 8. The van der Waals surface area contributed by atoms with Crippen molar-refractivity contribution in [2.45, 2.75) is 39.3 Å². The molecule has 0 aliphatic carbocycles. The number of methoxy groups -OCH3 is 1. The fourth-order valence-electron chi connectivity index (χ4n) is 1.41. The van der Waals surface area contributed by atoms with Gasteiger partial charge in [-0.1, -0.05) is 13.8 Å². The van der Waals surface area contributed by atoms with Gasteiger partial charge in [0.15, 0.2) is 0 Å². The van der Waals surface area contributed by atoms with E-state index in [0.29, 0.717) is 13.0 Å². The van der Waals surface area contributed by atoms with E-state index >= 15 is 0 Å². The SMILES string of the molecule is COCC(=O)N[C@H](C(=O)NCCC(C)N)C(C)C. The standard InChI is InChI=1S/C12H25N3O3/c1-8(2)11(15-10(16)7-18-4)12(17)14-6-5-9(3)13/h8-9,11H,5-7,13H2,1-4H3,(H,14,17)(H,15,16)/t9?,11-/m0/s1. The Balaban J connectivity index is 4.23. The number of carbonyl (C=O) groups is 2. The predicted molar refractivity (Wildman–Crippen MR) is 69.9 cm³/mol. The maximum Gasteiger partial charge on any atom is 0.246 e. The summed E-state index contributed by atoms with van der Waals surface area (Å²) in [6, 6.07) is -0.494. The highest BCUT2D eigenvalue weighted by atomic mass is 16.5. The zero-order valence-corrected chi connectivity index (χ0v) is 11.7. The van der Waals surface area contributed by atoms with Gasteiger partial charge in [-0.25, -0.2) is 0 Å². The van der Waals surface area contributed by atoms with Crippen LogP contribution < -0.4 is 16.4 Å². The van der Waals surface area contributed by atoms with Crippen LogP contribution in [0.4, 0.5) is 0 Å². The topological polar surface area (TPSA) is 93.4 Å². The number of ether oxygens (including phenoxy) is 1. The lowest BCUT2D eigenvalue weighted by molar-refractivity contribution is -0.131. The molecule has 0 spiro atoms. The summed E-state index contributed by atoms with van der Waals surface area (Å²) in [4.78, 5) is 23.3. The van der Waals surface area contributed by atoms with Gasteiger partial charge in [-0.3, -0.25) is 9.59 Å². The Morgan fingerprint density at radius 2 is 1.89 bits per heavy atom. The van der Waals surface area contributed by atoms with Crippen molar-refractivity contribution in [3.05, 3.63) is 0 Å². The smallest absolute Gasteiger partial charge is 0.246 e. The van der Waals surface area contributed by atoms with Gasteiger partial charge in [0.25, 0.3) is 0 Å². The van der Waals surface area contributed by atoms with E-state index in [1.165, 1.54) is 7.11 Å². The van der Waals surface area contributed by atoms with E-state index in [4.69, 9.17) is 10.5 Å². The molecule has 18 heavy (non-hydrogen) atoms. The molecule has 0 bridgehead atoms. The van der Waals surface area contributed by atoms with E-state index in [1.807, 2.05) is 20.8 Å². The van der Waals surface area contributed by atoms with Crippen molar-refractivity contribution in [2.75, 3.05) is 20.3 Å². The Hall–Kier alpha value is -1.14. The summed E-state index contributed by atoms with van der Waals surface area (Å²) in [5.74, 6) is -0.463. The van der Waals surface area contributed by atoms with Crippen LogP contribution in [-0.4, -0.2) is 44.2 Å². The molecular weight excluding hydrogens is 234 g/mol. The van der Waals surface area contributed by atoms with Crippen molar-refractivity contribution in [3.63, 3.8) is 0 Å². The zero-order chi connectivity index (χ0) is 14.1. The summed E-state index contributed by atoms with van der Waals surface area (Å²) in [5.41, 5.74) is 5.60. The van der Waals surface area contributed by atoms with Crippen LogP contribution in [0.15, 0.2) is 0 Å². The number of hydrogen-bond acceptors (Lipinski definition) is 4. The van der Waals surface area contributed by atoms with Crippen molar-refractivity contribution < 1.29 is 14.3 Å². The summed E-state index contributed by atoms with van der Waals surface area (Å²) in [7, 11) is 1.44. The van der Waals surface area contributed by atoms with Crippen molar-refractivity contribution in [1.82, 2.24) is 10.6 Å². The fourth-order valence-corrected chi connectivity index (χ4v) is 1.41. The molecule has 0 saturated heterocycles. The molecule has 0 aromatic rings. The van der Waals surface area contributed by atoms with Crippen LogP contribution in [-0.2, 0) is 14.3 Å². The third-order valence-electron chi connectivity index (χ3n) is 2.44. The van der Waals surface area contributed by atoms with Crippen molar-refractivity contribution in [3.8, 4) is 0 Å². The highest BCUT2D eigenvalue weighted by Gasteiger charge is 2.23. The molecule has 6 heteroatoms. The molecule has 0 saturated carbocycles. The third-order valence-corrected chi connectivity index (χ3v) is 2.44. The first-order valence-corrected chi connectivity index (χ1v) is 6.20. The lowest BCUT2D eigenvalue weighted by atomic mass is 10.0. The number of carbonyl (C=O) groups excluding carboxylic acids is 2. The van der Waals surface area contributed by atoms with E-state index in [1.54, 1.807) is 0 Å². The minimum Gasteiger partial charge on any atom is -0.375 e. The molecule has 0 aliphatic heterocycles. The molecule has 0 heterocycles. The van der Waals surface area contributed by atoms with Gasteiger partial charge in [-0.2, -0.15) is 0 Å². The van der Waals surface area contributed by atoms with E-state index in [-0.39, 0.29) is 30.4 Å². The Bertz CT molecular complexity index is 267. The molecule has 6 nitrogen and oxygen atoms in total. The Morgan fingerprint density at radius 3 is 2.33 bits per heavy atom. The highest BCUT2D eigenvalue weighted by Crippen LogP contribution is 2.02. The molecule has 106 valence electrons. The van der Waals surface area contributed by atoms with E-state index in [2.05, 4.69) is 10.6 Å². The summed E-state index contributed by atoms with van der Waals surface area (Å²) < 4.78 is 4.72. The molecule has 4 N–H and O–H groups in total. The highest BCUT2D eigenvalue weighted by molar-refractivity contribution is 5.88. The second-order valence-electron chi connectivity index (χ2n) is 4.78. The molecule has 0 rings (SSSR count). The second-order valence-corrected chi connectivity index (χ2v) is 4.78. The molecule has 2 atom stereocenters. The molecule has 0 aliphatic rings. The van der Waals surface area contributed by atoms with Crippen molar-refractivity contribution in [1.29, 1.82) is 0 Å². The Kier molecular flexibility index (Phi) is 8.32. The van der Waals surface area contributed by atoms with Gasteiger partial charge in [-0.15, -0.1) is 0 Å². The van der Waals surface area contributed by atoms with Crippen LogP contribution in [0.3, 0.4) is 0 Å². The number of nitrogens with two attached hydrogens (primary N) is 1. The minimum atomic E-state index is -0.541. The fraction of sp³-hybridized carbons (Fsp3) is 0.833. The van der Waals surface area contributed by atoms with Crippen molar-refractivity contribution >= 4 is 11.8 Å². The minimum absolute atomic E-state index is 0.0149. The molecule has 0 fully saturated rings. The van der Waals surface area contributed by atoms with Gasteiger partial charge in [0.1, 0.15) is 12.6 Å². The van der Waals surface area contributed by atoms with Crippen LogP contribution in [0.25, 0.3) is 0 Å². The van der Waals surface area contributed by atoms with Crippen LogP contribution in [0.5, 0.6) is 0 Å². The van der Waals surface area contributed by atoms with Crippen LogP contribution in [0.1, 0.15) is 27.2 Å². The quantitative estimate of drug-likeness (QED) is 0.554. The summed E-state index contributed by atoms with van der Waals surface area (Å²) >= 11 is 0. The average Bonchev–Trinajstić information content (AvgIpc) is 2.25. The maximum atomic E-state index is 11.9. The summed E-state index contributed by atoms with van der Waals surface area (Å²) in [6.07, 6.45) is 0.711. The Morgan fingerprint density at radius 1 is 1.28 bits per heavy atom. The lowest BCUT2D eigenvalue weighted by Crippen LogP contribution is -2.51. The van der Waals surface area contributed by atoms with Gasteiger partial charge >= 0.3 is 0 Å². The molecule has 2 amide bonds. The first-order chi connectivity index (χ1) is 8.38. The number of nitrogens with one attached hydrogen (secondary N) is 2. The predicted octanol–water partition coefficient (Wildman–Crippen LogP) is -0.373. The van der Waals surface area contributed by atoms with E-state index < -0.39 is 6.04 Å². The van der Waals surface area contributed by atoms with Crippen molar-refractivity contribution in [2.24, 2.45) is 11.7 Å². The lowest BCUT2D eigenvalue weighted by Gasteiger charge is -2.21. The molecular formula is C12H25N3O3. The first kappa shape index (κ1) is 16.9. The largest absolute Gasteiger partial charge is 0.375 e. The first-order valence-electron chi connectivity index (χ1n) is 6.20. The van der Waals surface area contributed by atoms with E-state index in [0.717, 1.165) is 0 Å². The normalized spacial score (nSPS) is 14.1. The zero-order valence-electron chi connectivity index (χ0n) is 11.7. The molecule has 1 unspecified atom stereocenters. The summed E-state index contributed by atoms with van der Waals surface area (Å²) in [6.45, 7) is 6.11. The van der Waals surface area contributed by atoms with E-state index in [9.17, 15) is 9.59 Å². The molecule has 0 aromatic heterocycles. The van der Waals surface area contributed by atoms with Crippen LogP contribution in [0.2, 0.25) is 0 Å². The van der Waals surface area contributed by atoms with Gasteiger partial charge in [-0.05, 0) is 19.3 Å². The molecule has 0 radical (unpaired) electrons. The van der Waals surface area contributed by atoms with Gasteiger partial charge in [0, 0.05) is 19.7 Å². The third kappa shape index (κ3) is 7.24. The Labute approximate surface area is 109 Å². The second kappa shape index (κ2) is 8.88. The van der Waals surface area contributed by atoms with Gasteiger partial charge in [0.05, 0.1) is 0 Å². The monoisotopic (exact) mass is 259 g/mol. The molecule has 0 aromatic carbocycles. The van der Waals surface area contributed by atoms with Crippen LogP contribution >= 0.6 is 0 Å².